The van der Waals surface area contributed by atoms with Crippen molar-refractivity contribution >= 4 is 11.9 Å². The van der Waals surface area contributed by atoms with E-state index in [0.717, 1.165) is 0 Å². The van der Waals surface area contributed by atoms with E-state index in [1.54, 1.807) is 11.1 Å². The second kappa shape index (κ2) is 4.81. The Kier molecular flexibility index (Phi) is 3.71. The molecule has 0 aromatic heterocycles. The SMILES string of the molecule is CC1(C)C2=[C](CC=C2)[Ti]([Si](C)(C)C)([Si](C)(C)C)[C]2=C1C=CC2. The van der Waals surface area contributed by atoms with Crippen molar-refractivity contribution in [2.45, 2.75) is 66.0 Å². The first kappa shape index (κ1) is 16.9. The Hall–Kier alpha value is 0.108. The van der Waals surface area contributed by atoms with Crippen LogP contribution in [-0.4, -0.2) is 11.9 Å². The monoisotopic (exact) mass is 364 g/mol. The van der Waals surface area contributed by atoms with Crippen LogP contribution in [0.2, 0.25) is 39.3 Å². The Morgan fingerprint density at radius 3 is 1.45 bits per heavy atom. The molecule has 0 aromatic rings. The van der Waals surface area contributed by atoms with Crippen molar-refractivity contribution in [2.75, 3.05) is 0 Å². The summed E-state index contributed by atoms with van der Waals surface area (Å²) in [7, 11) is 0. The average Bonchev–Trinajstić information content (AvgIpc) is 2.93. The number of allylic oxidation sites excluding steroid dienone is 8. The quantitative estimate of drug-likeness (QED) is 0.506. The van der Waals surface area contributed by atoms with Crippen LogP contribution < -0.4 is 0 Å². The summed E-state index contributed by atoms with van der Waals surface area (Å²) in [6, 6.07) is 0. The van der Waals surface area contributed by atoms with E-state index in [0.29, 0.717) is 0 Å². The summed E-state index contributed by atoms with van der Waals surface area (Å²) < 4.78 is 4.01. The maximum absolute atomic E-state index is 2.70. The van der Waals surface area contributed by atoms with Gasteiger partial charge in [-0.15, -0.1) is 0 Å². The summed E-state index contributed by atoms with van der Waals surface area (Å²) in [4.78, 5) is 0. The van der Waals surface area contributed by atoms with Gasteiger partial charge in [0.15, 0.2) is 0 Å². The Balaban J connectivity index is 2.42. The zero-order valence-electron chi connectivity index (χ0n) is 15.7. The fraction of sp³-hybridized carbons (Fsp3) is 0.579. The first-order valence-electron chi connectivity index (χ1n) is 8.77. The Bertz CT molecular complexity index is 590. The molecule has 0 saturated heterocycles. The van der Waals surface area contributed by atoms with Gasteiger partial charge in [0.25, 0.3) is 0 Å². The van der Waals surface area contributed by atoms with Crippen LogP contribution in [0.25, 0.3) is 0 Å². The fourth-order valence-electron chi connectivity index (χ4n) is 6.15. The molecule has 0 aromatic carbocycles. The van der Waals surface area contributed by atoms with Crippen molar-refractivity contribution in [3.63, 3.8) is 0 Å². The second-order valence-corrected chi connectivity index (χ2v) is 45.4. The maximum atomic E-state index is 2.70. The van der Waals surface area contributed by atoms with Gasteiger partial charge in [-0.2, -0.15) is 0 Å². The standard InChI is InChI=1S/C13H14.2C3H9Si.Ti/c1-13(2,11-7-3-4-8-11)12-9-5-6-10-12;2*1-4(2)3;/h3,5,7,9H,4,6H2,1-2H3;2*1-3H3;. The summed E-state index contributed by atoms with van der Waals surface area (Å²) in [5, 5.41) is 0. The van der Waals surface area contributed by atoms with Crippen molar-refractivity contribution in [3.8, 4) is 0 Å². The molecule has 0 fully saturated rings. The molecule has 1 aliphatic heterocycles. The van der Waals surface area contributed by atoms with E-state index >= 15 is 0 Å². The van der Waals surface area contributed by atoms with E-state index in [9.17, 15) is 0 Å². The first-order valence-corrected chi connectivity index (χ1v) is 22.0. The third-order valence-corrected chi connectivity index (χ3v) is 59.8. The number of rotatable bonds is 2. The van der Waals surface area contributed by atoms with Gasteiger partial charge in [-0.3, -0.25) is 0 Å². The molecule has 3 aliphatic rings. The minimum absolute atomic E-state index is 0.249. The molecule has 3 rings (SSSR count). The molecule has 3 heteroatoms. The van der Waals surface area contributed by atoms with Crippen molar-refractivity contribution < 1.29 is 15.1 Å². The van der Waals surface area contributed by atoms with Crippen LogP contribution in [0.15, 0.2) is 43.2 Å². The second-order valence-electron chi connectivity index (χ2n) is 9.87. The van der Waals surface area contributed by atoms with Gasteiger partial charge in [-0.25, -0.2) is 0 Å². The third kappa shape index (κ3) is 1.90. The molecule has 0 spiro atoms. The summed E-state index contributed by atoms with van der Waals surface area (Å²) in [5.41, 5.74) is 3.73. The molecule has 0 nitrogen and oxygen atoms in total. The molecule has 1 heterocycles. The fourth-order valence-corrected chi connectivity index (χ4v) is 75.7. The van der Waals surface area contributed by atoms with E-state index < -0.39 is 27.0 Å². The summed E-state index contributed by atoms with van der Waals surface area (Å²) in [6.45, 7) is 21.2. The molecular formula is C19H32Si2Ti. The van der Waals surface area contributed by atoms with E-state index in [1.807, 2.05) is 7.76 Å². The van der Waals surface area contributed by atoms with E-state index in [2.05, 4.69) is 77.4 Å². The van der Waals surface area contributed by atoms with E-state index in [4.69, 9.17) is 0 Å². The molecule has 2 aliphatic carbocycles. The van der Waals surface area contributed by atoms with Gasteiger partial charge < -0.3 is 0 Å². The third-order valence-electron chi connectivity index (χ3n) is 6.37. The number of hydrogen-bond acceptors (Lipinski definition) is 0. The van der Waals surface area contributed by atoms with Crippen LogP contribution >= 0.6 is 0 Å². The van der Waals surface area contributed by atoms with Crippen LogP contribution in [0.5, 0.6) is 0 Å². The van der Waals surface area contributed by atoms with E-state index in [1.165, 1.54) is 12.8 Å². The van der Waals surface area contributed by atoms with Crippen molar-refractivity contribution in [2.24, 2.45) is 5.41 Å². The van der Waals surface area contributed by atoms with Crippen molar-refractivity contribution in [3.05, 3.63) is 43.2 Å². The van der Waals surface area contributed by atoms with Crippen molar-refractivity contribution in [1.29, 1.82) is 0 Å². The van der Waals surface area contributed by atoms with Gasteiger partial charge in [0.1, 0.15) is 0 Å². The zero-order valence-corrected chi connectivity index (χ0v) is 19.3. The summed E-state index contributed by atoms with van der Waals surface area (Å²) >= 11 is -2.20. The Morgan fingerprint density at radius 2 is 1.14 bits per heavy atom. The van der Waals surface area contributed by atoms with Gasteiger partial charge in [0.2, 0.25) is 0 Å². The predicted octanol–water partition coefficient (Wildman–Crippen LogP) is 6.28. The average molecular weight is 365 g/mol. The molecule has 0 unspecified atom stereocenters. The van der Waals surface area contributed by atoms with Gasteiger partial charge in [0.05, 0.1) is 0 Å². The molecule has 0 saturated carbocycles. The molecule has 0 bridgehead atoms. The molecule has 120 valence electrons. The topological polar surface area (TPSA) is 0 Å². The first-order chi connectivity index (χ1) is 9.95. The summed E-state index contributed by atoms with van der Waals surface area (Å²) in [5.74, 6) is -2.45. The van der Waals surface area contributed by atoms with E-state index in [-0.39, 0.29) is 5.41 Å². The minimum atomic E-state index is -2.20. The van der Waals surface area contributed by atoms with Gasteiger partial charge in [-0.1, -0.05) is 0 Å². The van der Waals surface area contributed by atoms with Crippen LogP contribution in [0.4, 0.5) is 0 Å². The molecule has 22 heavy (non-hydrogen) atoms. The molecule has 0 radical (unpaired) electrons. The molecular weight excluding hydrogens is 332 g/mol. The van der Waals surface area contributed by atoms with Crippen LogP contribution in [0.3, 0.4) is 0 Å². The summed E-state index contributed by atoms with van der Waals surface area (Å²) in [6.07, 6.45) is 12.5. The molecule has 0 atom stereocenters. The van der Waals surface area contributed by atoms with Crippen LogP contribution in [0.1, 0.15) is 26.7 Å². The molecule has 0 amide bonds. The van der Waals surface area contributed by atoms with Crippen LogP contribution in [-0.2, 0) is 15.1 Å². The van der Waals surface area contributed by atoms with Gasteiger partial charge in [-0.05, 0) is 0 Å². The molecule has 0 N–H and O–H groups in total. The Morgan fingerprint density at radius 1 is 0.773 bits per heavy atom. The van der Waals surface area contributed by atoms with Crippen LogP contribution in [0, 0.1) is 5.41 Å². The number of hydrogen-bond donors (Lipinski definition) is 0. The predicted molar refractivity (Wildman–Crippen MR) is 102 cm³/mol. The zero-order chi connectivity index (χ0) is 16.6. The normalized spacial score (nSPS) is 25.8. The van der Waals surface area contributed by atoms with Gasteiger partial charge in [0, 0.05) is 0 Å². The van der Waals surface area contributed by atoms with Crippen molar-refractivity contribution in [1.82, 2.24) is 0 Å². The Labute approximate surface area is 141 Å². The van der Waals surface area contributed by atoms with Gasteiger partial charge >= 0.3 is 142 Å².